The molecule has 0 aromatic heterocycles. The monoisotopic (exact) mass is 405 g/mol. The minimum Gasteiger partial charge on any atom is -0.393 e. The number of amides is 1. The van der Waals surface area contributed by atoms with Crippen LogP contribution in [0, 0.1) is 11.8 Å². The van der Waals surface area contributed by atoms with E-state index in [0.717, 1.165) is 37.7 Å². The summed E-state index contributed by atoms with van der Waals surface area (Å²) in [5.41, 5.74) is 2.67. The molecular formula is C23H35NO5. The zero-order valence-corrected chi connectivity index (χ0v) is 17.0. The third-order valence-electron chi connectivity index (χ3n) is 5.94. The van der Waals surface area contributed by atoms with Gasteiger partial charge in [-0.15, -0.1) is 0 Å². The zero-order chi connectivity index (χ0) is 21.1. The number of benzene rings is 1. The first-order chi connectivity index (χ1) is 14.0. The van der Waals surface area contributed by atoms with Gasteiger partial charge >= 0.3 is 0 Å². The van der Waals surface area contributed by atoms with E-state index in [-0.39, 0.29) is 17.7 Å². The Morgan fingerprint density at radius 2 is 1.69 bits per heavy atom. The first kappa shape index (κ1) is 23.5. The van der Waals surface area contributed by atoms with E-state index in [9.17, 15) is 20.1 Å². The standard InChI is InChI=1S/C23H35NO5/c25-18(13-12-17-8-4-3-5-9-17)14-15-20-19(21(26)16-22(20)27)10-6-1-2-7-11-23(28)24-29/h3-5,8-9,12-13,18-22,25-27,29H,1-2,6-7,10-11,14-16H2,(H,24,28)/b13-12+/t18?,19-,20?,21+,22-/m1/s1. The summed E-state index contributed by atoms with van der Waals surface area (Å²) in [4.78, 5) is 11.0. The molecule has 1 saturated carbocycles. The summed E-state index contributed by atoms with van der Waals surface area (Å²) in [6.45, 7) is 0. The Morgan fingerprint density at radius 3 is 2.38 bits per heavy atom. The van der Waals surface area contributed by atoms with Crippen LogP contribution < -0.4 is 5.48 Å². The van der Waals surface area contributed by atoms with Gasteiger partial charge in [0.25, 0.3) is 0 Å². The van der Waals surface area contributed by atoms with Crippen LogP contribution in [0.5, 0.6) is 0 Å². The number of aliphatic hydroxyl groups excluding tert-OH is 3. The number of carbonyl (C=O) groups is 1. The van der Waals surface area contributed by atoms with Gasteiger partial charge in [-0.05, 0) is 49.5 Å². The first-order valence-electron chi connectivity index (χ1n) is 10.7. The Morgan fingerprint density at radius 1 is 1.03 bits per heavy atom. The van der Waals surface area contributed by atoms with E-state index in [2.05, 4.69) is 0 Å². The summed E-state index contributed by atoms with van der Waals surface area (Å²) < 4.78 is 0. The highest BCUT2D eigenvalue weighted by Crippen LogP contribution is 2.39. The largest absolute Gasteiger partial charge is 0.393 e. The maximum Gasteiger partial charge on any atom is 0.243 e. The van der Waals surface area contributed by atoms with Crippen molar-refractivity contribution in [3.05, 3.63) is 42.0 Å². The molecule has 0 saturated heterocycles. The van der Waals surface area contributed by atoms with Gasteiger partial charge in [0, 0.05) is 6.42 Å². The van der Waals surface area contributed by atoms with Crippen LogP contribution in [0.2, 0.25) is 0 Å². The number of hydroxylamine groups is 1. The molecule has 1 amide bonds. The molecule has 0 bridgehead atoms. The lowest BCUT2D eigenvalue weighted by molar-refractivity contribution is -0.129. The molecule has 2 rings (SSSR count). The third kappa shape index (κ3) is 8.26. The highest BCUT2D eigenvalue weighted by Gasteiger charge is 2.40. The van der Waals surface area contributed by atoms with Gasteiger partial charge in [-0.1, -0.05) is 61.7 Å². The van der Waals surface area contributed by atoms with Crippen LogP contribution in [0.1, 0.15) is 63.4 Å². The van der Waals surface area contributed by atoms with E-state index < -0.39 is 18.3 Å². The molecule has 1 aliphatic rings. The molecule has 0 spiro atoms. The SMILES string of the molecule is O=C(CCCCCC[C@@H]1C(CCC(O)/C=C/c2ccccc2)[C@H](O)C[C@@H]1O)NO. The van der Waals surface area contributed by atoms with E-state index in [1.807, 2.05) is 36.4 Å². The minimum atomic E-state index is -0.571. The molecule has 1 fully saturated rings. The van der Waals surface area contributed by atoms with Crippen molar-refractivity contribution in [2.45, 2.75) is 76.1 Å². The molecular weight excluding hydrogens is 370 g/mol. The quantitative estimate of drug-likeness (QED) is 0.209. The molecule has 1 aliphatic carbocycles. The van der Waals surface area contributed by atoms with Crippen molar-refractivity contribution in [3.8, 4) is 0 Å². The molecule has 5 N–H and O–H groups in total. The number of aliphatic hydroxyl groups is 3. The molecule has 2 unspecified atom stereocenters. The molecule has 5 atom stereocenters. The summed E-state index contributed by atoms with van der Waals surface area (Å²) in [5.74, 6) is -0.305. The number of hydrogen-bond acceptors (Lipinski definition) is 5. The molecule has 1 aromatic rings. The smallest absolute Gasteiger partial charge is 0.243 e. The van der Waals surface area contributed by atoms with E-state index in [4.69, 9.17) is 5.21 Å². The van der Waals surface area contributed by atoms with Gasteiger partial charge in [0.15, 0.2) is 0 Å². The molecule has 0 heterocycles. The van der Waals surface area contributed by atoms with Gasteiger partial charge < -0.3 is 15.3 Å². The number of hydrogen-bond donors (Lipinski definition) is 5. The van der Waals surface area contributed by atoms with E-state index in [1.54, 1.807) is 11.6 Å². The van der Waals surface area contributed by atoms with Crippen molar-refractivity contribution in [1.82, 2.24) is 5.48 Å². The topological polar surface area (TPSA) is 110 Å². The molecule has 6 nitrogen and oxygen atoms in total. The number of carbonyl (C=O) groups excluding carboxylic acids is 1. The summed E-state index contributed by atoms with van der Waals surface area (Å²) in [6, 6.07) is 9.81. The normalized spacial score (nSPS) is 25.4. The fourth-order valence-corrected chi connectivity index (χ4v) is 4.30. The maximum atomic E-state index is 11.0. The van der Waals surface area contributed by atoms with Crippen molar-refractivity contribution in [2.24, 2.45) is 11.8 Å². The highest BCUT2D eigenvalue weighted by molar-refractivity contribution is 5.74. The Hall–Kier alpha value is -1.73. The second-order valence-corrected chi connectivity index (χ2v) is 8.10. The van der Waals surface area contributed by atoms with E-state index in [1.165, 1.54) is 0 Å². The second-order valence-electron chi connectivity index (χ2n) is 8.10. The lowest BCUT2D eigenvalue weighted by atomic mass is 9.85. The predicted octanol–water partition coefficient (Wildman–Crippen LogP) is 3.04. The Labute approximate surface area is 173 Å². The third-order valence-corrected chi connectivity index (χ3v) is 5.94. The summed E-state index contributed by atoms with van der Waals surface area (Å²) >= 11 is 0. The zero-order valence-electron chi connectivity index (χ0n) is 17.0. The average molecular weight is 406 g/mol. The second kappa shape index (κ2) is 12.8. The lowest BCUT2D eigenvalue weighted by Gasteiger charge is -2.24. The number of rotatable bonds is 12. The molecule has 0 radical (unpaired) electrons. The molecule has 29 heavy (non-hydrogen) atoms. The fraction of sp³-hybridized carbons (Fsp3) is 0.609. The van der Waals surface area contributed by atoms with Crippen molar-refractivity contribution < 1.29 is 25.3 Å². The molecule has 0 aliphatic heterocycles. The number of unbranched alkanes of at least 4 members (excludes halogenated alkanes) is 3. The summed E-state index contributed by atoms with van der Waals surface area (Å²) in [7, 11) is 0. The van der Waals surface area contributed by atoms with Crippen LogP contribution in [-0.2, 0) is 4.79 Å². The van der Waals surface area contributed by atoms with Crippen LogP contribution >= 0.6 is 0 Å². The first-order valence-corrected chi connectivity index (χ1v) is 10.7. The van der Waals surface area contributed by atoms with Crippen molar-refractivity contribution in [2.75, 3.05) is 0 Å². The van der Waals surface area contributed by atoms with Crippen molar-refractivity contribution >= 4 is 12.0 Å². The van der Waals surface area contributed by atoms with Gasteiger partial charge in [0.1, 0.15) is 0 Å². The van der Waals surface area contributed by atoms with E-state index in [0.29, 0.717) is 25.7 Å². The van der Waals surface area contributed by atoms with Crippen molar-refractivity contribution in [3.63, 3.8) is 0 Å². The van der Waals surface area contributed by atoms with Crippen molar-refractivity contribution in [1.29, 1.82) is 0 Å². The molecule has 1 aromatic carbocycles. The maximum absolute atomic E-state index is 11.0. The van der Waals surface area contributed by atoms with Gasteiger partial charge in [-0.2, -0.15) is 0 Å². The van der Waals surface area contributed by atoms with Crippen LogP contribution in [0.4, 0.5) is 0 Å². The fourth-order valence-electron chi connectivity index (χ4n) is 4.30. The highest BCUT2D eigenvalue weighted by atomic mass is 16.5. The Bertz CT molecular complexity index is 621. The van der Waals surface area contributed by atoms with Crippen LogP contribution in [0.25, 0.3) is 6.08 Å². The van der Waals surface area contributed by atoms with Gasteiger partial charge in [0.2, 0.25) is 5.91 Å². The van der Waals surface area contributed by atoms with Crippen LogP contribution in [-0.4, -0.2) is 44.7 Å². The van der Waals surface area contributed by atoms with Crippen LogP contribution in [0.3, 0.4) is 0 Å². The summed E-state index contributed by atoms with van der Waals surface area (Å²) in [5, 5.41) is 39.4. The lowest BCUT2D eigenvalue weighted by Crippen LogP contribution is -2.23. The van der Waals surface area contributed by atoms with Gasteiger partial charge in [0.05, 0.1) is 18.3 Å². The molecule has 162 valence electrons. The predicted molar refractivity (Wildman–Crippen MR) is 112 cm³/mol. The molecule has 6 heteroatoms. The van der Waals surface area contributed by atoms with Crippen LogP contribution in [0.15, 0.2) is 36.4 Å². The Kier molecular flexibility index (Phi) is 10.4. The summed E-state index contributed by atoms with van der Waals surface area (Å²) in [6.07, 6.45) is 8.41. The van der Waals surface area contributed by atoms with E-state index >= 15 is 0 Å². The Balaban J connectivity index is 1.72. The average Bonchev–Trinajstić information content (AvgIpc) is 3.00. The minimum absolute atomic E-state index is 0.00458. The van der Waals surface area contributed by atoms with Gasteiger partial charge in [-0.3, -0.25) is 10.0 Å². The van der Waals surface area contributed by atoms with Gasteiger partial charge in [-0.25, -0.2) is 5.48 Å². The number of nitrogens with one attached hydrogen (secondary N) is 1.